The van der Waals surface area contributed by atoms with E-state index in [1.807, 2.05) is 0 Å². The monoisotopic (exact) mass is 590 g/mol. The number of ether oxygens (including phenoxy) is 1. The first-order chi connectivity index (χ1) is 18.6. The molecule has 0 saturated carbocycles. The molecule has 0 unspecified atom stereocenters. The molecule has 11 nitrogen and oxygen atoms in total. The second kappa shape index (κ2) is 12.6. The molecule has 3 aromatic rings. The number of carbonyl (C=O) groups is 1. The lowest BCUT2D eigenvalue weighted by atomic mass is 10.2. The van der Waals surface area contributed by atoms with Crippen LogP contribution in [0.25, 0.3) is 6.08 Å². The first-order valence-electron chi connectivity index (χ1n) is 11.7. The van der Waals surface area contributed by atoms with Gasteiger partial charge in [0, 0.05) is 24.9 Å². The van der Waals surface area contributed by atoms with Crippen molar-refractivity contribution in [2.45, 2.75) is 16.3 Å². The van der Waals surface area contributed by atoms with Crippen molar-refractivity contribution < 1.29 is 30.8 Å². The number of rotatable bonds is 9. The Morgan fingerprint density at radius 1 is 0.974 bits per heavy atom. The molecule has 1 aliphatic rings. The third-order valence-corrected chi connectivity index (χ3v) is 9.09. The van der Waals surface area contributed by atoms with Crippen LogP contribution in [0.1, 0.15) is 11.3 Å². The van der Waals surface area contributed by atoms with Gasteiger partial charge in [0.1, 0.15) is 5.76 Å². The lowest BCUT2D eigenvalue weighted by molar-refractivity contribution is -0.115. The maximum atomic E-state index is 12.7. The van der Waals surface area contributed by atoms with E-state index in [-0.39, 0.29) is 21.4 Å². The Balaban J connectivity index is 1.30. The maximum absolute atomic E-state index is 12.7. The van der Waals surface area contributed by atoms with Gasteiger partial charge in [0.2, 0.25) is 26.0 Å². The van der Waals surface area contributed by atoms with E-state index in [9.17, 15) is 21.6 Å². The van der Waals surface area contributed by atoms with Crippen LogP contribution in [0.15, 0.2) is 87.2 Å². The van der Waals surface area contributed by atoms with E-state index in [2.05, 4.69) is 15.4 Å². The quantitative estimate of drug-likeness (QED) is 0.252. The molecule has 4 rings (SSSR count). The van der Waals surface area contributed by atoms with Crippen LogP contribution in [0.5, 0.6) is 0 Å². The third-order valence-electron chi connectivity index (χ3n) is 5.57. The molecule has 1 saturated heterocycles. The van der Waals surface area contributed by atoms with Crippen molar-refractivity contribution >= 4 is 55.0 Å². The highest BCUT2D eigenvalue weighted by Gasteiger charge is 2.26. The molecule has 0 spiro atoms. The van der Waals surface area contributed by atoms with Crippen LogP contribution >= 0.6 is 12.2 Å². The number of morpholine rings is 1. The summed E-state index contributed by atoms with van der Waals surface area (Å²) in [6.45, 7) is 1.34. The highest BCUT2D eigenvalue weighted by atomic mass is 32.2. The minimum atomic E-state index is -3.81. The highest BCUT2D eigenvalue weighted by Crippen LogP contribution is 2.19. The predicted octanol–water partition coefficient (Wildman–Crippen LogP) is 2.31. The molecule has 206 valence electrons. The Morgan fingerprint density at radius 2 is 1.72 bits per heavy atom. The highest BCUT2D eigenvalue weighted by molar-refractivity contribution is 7.89. The largest absolute Gasteiger partial charge is 0.468 e. The normalized spacial score (nSPS) is 14.8. The number of nitrogens with zero attached hydrogens (tertiary/aromatic N) is 1. The molecule has 2 aromatic carbocycles. The molecule has 3 N–H and O–H groups in total. The van der Waals surface area contributed by atoms with Crippen LogP contribution in [-0.4, -0.2) is 58.5 Å². The van der Waals surface area contributed by atoms with Gasteiger partial charge in [0.05, 0.1) is 35.8 Å². The zero-order valence-electron chi connectivity index (χ0n) is 20.6. The Labute approximate surface area is 231 Å². The zero-order chi connectivity index (χ0) is 27.9. The average molecular weight is 591 g/mol. The topological polar surface area (TPSA) is 147 Å². The summed E-state index contributed by atoms with van der Waals surface area (Å²) >= 11 is 5.17. The Kier molecular flexibility index (Phi) is 9.27. The van der Waals surface area contributed by atoms with Gasteiger partial charge >= 0.3 is 0 Å². The van der Waals surface area contributed by atoms with Gasteiger partial charge in [-0.2, -0.15) is 4.31 Å². The Bertz CT molecular complexity index is 1550. The molecule has 1 aromatic heterocycles. The van der Waals surface area contributed by atoms with Crippen molar-refractivity contribution in [3.05, 3.63) is 84.3 Å². The fourth-order valence-electron chi connectivity index (χ4n) is 3.58. The van der Waals surface area contributed by atoms with Gasteiger partial charge in [-0.05, 0) is 66.3 Å². The lowest BCUT2D eigenvalue weighted by Crippen LogP contribution is -2.40. The Morgan fingerprint density at radius 3 is 2.41 bits per heavy atom. The van der Waals surface area contributed by atoms with Crippen LogP contribution < -0.4 is 15.4 Å². The molecular formula is C25H26N4O7S3. The van der Waals surface area contributed by atoms with Gasteiger partial charge in [-0.25, -0.2) is 21.6 Å². The van der Waals surface area contributed by atoms with Crippen molar-refractivity contribution in [3.8, 4) is 0 Å². The maximum Gasteiger partial charge on any atom is 0.250 e. The number of amides is 1. The second-order valence-corrected chi connectivity index (χ2v) is 12.4. The van der Waals surface area contributed by atoms with Gasteiger partial charge in [0.15, 0.2) is 5.11 Å². The van der Waals surface area contributed by atoms with E-state index in [4.69, 9.17) is 21.4 Å². The van der Waals surface area contributed by atoms with E-state index in [0.717, 1.165) is 0 Å². The molecule has 1 fully saturated rings. The van der Waals surface area contributed by atoms with Crippen LogP contribution in [0, 0.1) is 0 Å². The lowest BCUT2D eigenvalue weighted by Gasteiger charge is -2.26. The number of furan rings is 1. The third kappa shape index (κ3) is 7.81. The number of carbonyl (C=O) groups excluding carboxylic acids is 1. The number of thiocarbonyl (C=S) groups is 1. The number of sulfonamides is 2. The summed E-state index contributed by atoms with van der Waals surface area (Å²) in [6, 6.07) is 15.4. The van der Waals surface area contributed by atoms with E-state index in [1.54, 1.807) is 30.3 Å². The summed E-state index contributed by atoms with van der Waals surface area (Å²) in [5, 5.41) is 5.23. The van der Waals surface area contributed by atoms with Crippen molar-refractivity contribution in [1.82, 2.24) is 14.3 Å². The van der Waals surface area contributed by atoms with Gasteiger partial charge in [-0.3, -0.25) is 10.1 Å². The smallest absolute Gasteiger partial charge is 0.250 e. The Hall–Kier alpha value is -3.40. The predicted molar refractivity (Wildman–Crippen MR) is 149 cm³/mol. The summed E-state index contributed by atoms with van der Waals surface area (Å²) in [4.78, 5) is 12.5. The van der Waals surface area contributed by atoms with Crippen LogP contribution in [0.2, 0.25) is 0 Å². The number of hydrogen-bond acceptors (Lipinski definition) is 8. The minimum Gasteiger partial charge on any atom is -0.468 e. The van der Waals surface area contributed by atoms with Crippen molar-refractivity contribution in [2.24, 2.45) is 0 Å². The summed E-state index contributed by atoms with van der Waals surface area (Å²) in [6.07, 6.45) is 4.22. The zero-order valence-corrected chi connectivity index (χ0v) is 23.0. The summed E-state index contributed by atoms with van der Waals surface area (Å²) in [5.41, 5.74) is 0.979. The molecule has 1 amide bonds. The number of anilines is 1. The van der Waals surface area contributed by atoms with E-state index < -0.39 is 26.0 Å². The van der Waals surface area contributed by atoms with Crippen LogP contribution in [-0.2, 0) is 36.1 Å². The summed E-state index contributed by atoms with van der Waals surface area (Å²) in [5.74, 6) is -0.0554. The molecular weight excluding hydrogens is 564 g/mol. The van der Waals surface area contributed by atoms with Gasteiger partial charge in [-0.15, -0.1) is 0 Å². The number of nitrogens with one attached hydrogen (secondary N) is 3. The minimum absolute atomic E-state index is 0.000204. The van der Waals surface area contributed by atoms with Gasteiger partial charge in [-0.1, -0.05) is 18.2 Å². The standard InChI is InChI=1S/C25H26N4O7S3/c30-24(11-8-19-6-9-22(10-7-19)39(33,34)29-12-15-35-16-13-29)28-25(37)27-20-3-1-5-23(17-20)38(31,32)26-18-21-4-2-14-36-21/h1-11,14,17,26H,12-13,15-16,18H2,(H2,27,28,30,37)/b11-8+. The fourth-order valence-corrected chi connectivity index (χ4v) is 6.24. The molecule has 0 radical (unpaired) electrons. The number of hydrogen-bond donors (Lipinski definition) is 3. The number of benzene rings is 2. The summed E-state index contributed by atoms with van der Waals surface area (Å²) < 4.78 is 64.8. The molecule has 39 heavy (non-hydrogen) atoms. The van der Waals surface area contributed by atoms with E-state index in [1.165, 1.54) is 53.1 Å². The van der Waals surface area contributed by atoms with Crippen molar-refractivity contribution in [1.29, 1.82) is 0 Å². The molecule has 0 bridgehead atoms. The fraction of sp³-hybridized carbons (Fsp3) is 0.200. The molecule has 2 heterocycles. The van der Waals surface area contributed by atoms with Gasteiger partial charge in [0.25, 0.3) is 0 Å². The molecule has 14 heteroatoms. The SMILES string of the molecule is O=C(/C=C/c1ccc(S(=O)(=O)N2CCOCC2)cc1)NC(=S)Nc1cccc(S(=O)(=O)NCc2ccco2)c1. The second-order valence-electron chi connectivity index (χ2n) is 8.29. The van der Waals surface area contributed by atoms with E-state index >= 15 is 0 Å². The first-order valence-corrected chi connectivity index (χ1v) is 15.1. The first kappa shape index (κ1) is 28.6. The molecule has 0 atom stereocenters. The molecule has 0 aliphatic carbocycles. The molecule has 1 aliphatic heterocycles. The van der Waals surface area contributed by atoms with E-state index in [0.29, 0.717) is 43.3 Å². The van der Waals surface area contributed by atoms with Crippen LogP contribution in [0.3, 0.4) is 0 Å². The van der Waals surface area contributed by atoms with Crippen molar-refractivity contribution in [3.63, 3.8) is 0 Å². The average Bonchev–Trinajstić information content (AvgIpc) is 3.46. The van der Waals surface area contributed by atoms with Crippen molar-refractivity contribution in [2.75, 3.05) is 31.6 Å². The van der Waals surface area contributed by atoms with Crippen LogP contribution in [0.4, 0.5) is 5.69 Å². The van der Waals surface area contributed by atoms with Gasteiger partial charge < -0.3 is 14.5 Å². The summed E-state index contributed by atoms with van der Waals surface area (Å²) in [7, 11) is -7.42.